The van der Waals surface area contributed by atoms with Crippen LogP contribution < -0.4 is 10.6 Å². The van der Waals surface area contributed by atoms with E-state index in [4.69, 9.17) is 27.9 Å². The third-order valence-corrected chi connectivity index (χ3v) is 2.37. The number of alkyl carbamates (subject to hydrolysis) is 1. The summed E-state index contributed by atoms with van der Waals surface area (Å²) in [6.45, 7) is 5.00. The summed E-state index contributed by atoms with van der Waals surface area (Å²) >= 11 is 11.6. The number of amides is 2. The SMILES string of the molecule is CC(C)(C)OC(=O)NCC(=O)Nc1cc(Cl)cc(Cl)c1. The average Bonchev–Trinajstić information content (AvgIpc) is 2.22. The van der Waals surface area contributed by atoms with E-state index < -0.39 is 17.6 Å². The molecule has 0 aliphatic heterocycles. The minimum Gasteiger partial charge on any atom is -0.444 e. The molecule has 0 unspecified atom stereocenters. The number of ether oxygens (including phenoxy) is 1. The molecule has 0 spiro atoms. The van der Waals surface area contributed by atoms with Crippen LogP contribution in [0.1, 0.15) is 20.8 Å². The number of nitrogens with one attached hydrogen (secondary N) is 2. The van der Waals surface area contributed by atoms with Crippen LogP contribution in [0.3, 0.4) is 0 Å². The molecule has 7 heteroatoms. The first-order chi connectivity index (χ1) is 9.15. The van der Waals surface area contributed by atoms with Crippen LogP contribution in [0.15, 0.2) is 18.2 Å². The van der Waals surface area contributed by atoms with Crippen LogP contribution in [0.25, 0.3) is 0 Å². The molecule has 0 saturated heterocycles. The van der Waals surface area contributed by atoms with Crippen molar-refractivity contribution in [2.24, 2.45) is 0 Å². The maximum atomic E-state index is 11.6. The molecule has 0 fully saturated rings. The first kappa shape index (κ1) is 16.6. The van der Waals surface area contributed by atoms with Crippen molar-refractivity contribution in [2.45, 2.75) is 26.4 Å². The van der Waals surface area contributed by atoms with Gasteiger partial charge in [-0.1, -0.05) is 23.2 Å². The highest BCUT2D eigenvalue weighted by Crippen LogP contribution is 2.22. The molecule has 0 saturated carbocycles. The lowest BCUT2D eigenvalue weighted by Crippen LogP contribution is -2.37. The quantitative estimate of drug-likeness (QED) is 0.896. The Morgan fingerprint density at radius 3 is 2.20 bits per heavy atom. The van der Waals surface area contributed by atoms with Crippen molar-refractivity contribution in [2.75, 3.05) is 11.9 Å². The van der Waals surface area contributed by atoms with Crippen molar-refractivity contribution in [3.63, 3.8) is 0 Å². The van der Waals surface area contributed by atoms with Crippen LogP contribution in [0.2, 0.25) is 10.0 Å². The average molecular weight is 319 g/mol. The Bertz CT molecular complexity index is 493. The summed E-state index contributed by atoms with van der Waals surface area (Å²) in [5.41, 5.74) is -0.153. The van der Waals surface area contributed by atoms with Gasteiger partial charge in [0, 0.05) is 15.7 Å². The van der Waals surface area contributed by atoms with Gasteiger partial charge >= 0.3 is 6.09 Å². The summed E-state index contributed by atoms with van der Waals surface area (Å²) in [5, 5.41) is 5.73. The summed E-state index contributed by atoms with van der Waals surface area (Å²) in [6.07, 6.45) is -0.656. The standard InChI is InChI=1S/C13H16Cl2N2O3/c1-13(2,3)20-12(19)16-7-11(18)17-10-5-8(14)4-9(15)6-10/h4-6H,7H2,1-3H3,(H,16,19)(H,17,18). The molecule has 20 heavy (non-hydrogen) atoms. The van der Waals surface area contributed by atoms with E-state index in [2.05, 4.69) is 10.6 Å². The van der Waals surface area contributed by atoms with Crippen molar-refractivity contribution in [1.29, 1.82) is 0 Å². The van der Waals surface area contributed by atoms with Crippen molar-refractivity contribution in [3.8, 4) is 0 Å². The lowest BCUT2D eigenvalue weighted by atomic mass is 10.2. The second kappa shape index (κ2) is 6.81. The van der Waals surface area contributed by atoms with Gasteiger partial charge in [-0.25, -0.2) is 4.79 Å². The van der Waals surface area contributed by atoms with Crippen molar-refractivity contribution in [1.82, 2.24) is 5.32 Å². The zero-order valence-corrected chi connectivity index (χ0v) is 12.9. The van der Waals surface area contributed by atoms with Gasteiger partial charge in [0.05, 0.1) is 0 Å². The van der Waals surface area contributed by atoms with Crippen LogP contribution >= 0.6 is 23.2 Å². The molecule has 1 aromatic carbocycles. The Kier molecular flexibility index (Phi) is 5.65. The topological polar surface area (TPSA) is 67.4 Å². The Labute approximate surface area is 127 Å². The number of benzene rings is 1. The number of anilines is 1. The number of hydrogen-bond acceptors (Lipinski definition) is 3. The van der Waals surface area contributed by atoms with Crippen molar-refractivity contribution >= 4 is 40.9 Å². The fraction of sp³-hybridized carbons (Fsp3) is 0.385. The fourth-order valence-electron chi connectivity index (χ4n) is 1.30. The minimum atomic E-state index is -0.656. The first-order valence-corrected chi connectivity index (χ1v) is 6.64. The first-order valence-electron chi connectivity index (χ1n) is 5.88. The molecule has 0 radical (unpaired) electrons. The second-order valence-corrected chi connectivity index (χ2v) is 5.93. The van der Waals surface area contributed by atoms with Gasteiger partial charge in [-0.15, -0.1) is 0 Å². The fourth-order valence-corrected chi connectivity index (χ4v) is 1.82. The smallest absolute Gasteiger partial charge is 0.408 e. The van der Waals surface area contributed by atoms with Gasteiger partial charge in [0.1, 0.15) is 12.1 Å². The molecule has 110 valence electrons. The molecular weight excluding hydrogens is 303 g/mol. The molecule has 5 nitrogen and oxygen atoms in total. The Hall–Kier alpha value is -1.46. The molecule has 0 aliphatic carbocycles. The molecule has 2 N–H and O–H groups in total. The number of rotatable bonds is 3. The van der Waals surface area contributed by atoms with Gasteiger partial charge in [-0.3, -0.25) is 4.79 Å². The Morgan fingerprint density at radius 2 is 1.70 bits per heavy atom. The third-order valence-electron chi connectivity index (χ3n) is 1.94. The van der Waals surface area contributed by atoms with Gasteiger partial charge in [0.25, 0.3) is 0 Å². The van der Waals surface area contributed by atoms with E-state index in [-0.39, 0.29) is 6.54 Å². The highest BCUT2D eigenvalue weighted by molar-refractivity contribution is 6.35. The summed E-state index contributed by atoms with van der Waals surface area (Å²) in [4.78, 5) is 23.0. The summed E-state index contributed by atoms with van der Waals surface area (Å²) < 4.78 is 5.00. The summed E-state index contributed by atoms with van der Waals surface area (Å²) in [5.74, 6) is -0.408. The van der Waals surface area contributed by atoms with Gasteiger partial charge in [-0.05, 0) is 39.0 Å². The summed E-state index contributed by atoms with van der Waals surface area (Å²) in [7, 11) is 0. The van der Waals surface area contributed by atoms with E-state index in [1.807, 2.05) is 0 Å². The van der Waals surface area contributed by atoms with E-state index in [0.717, 1.165) is 0 Å². The zero-order valence-electron chi connectivity index (χ0n) is 11.4. The molecule has 1 aromatic rings. The maximum Gasteiger partial charge on any atom is 0.408 e. The van der Waals surface area contributed by atoms with Crippen LogP contribution in [-0.4, -0.2) is 24.1 Å². The normalized spacial score (nSPS) is 10.8. The molecule has 1 rings (SSSR count). The molecule has 2 amide bonds. The molecule has 0 heterocycles. The highest BCUT2D eigenvalue weighted by Gasteiger charge is 2.16. The highest BCUT2D eigenvalue weighted by atomic mass is 35.5. The molecule has 0 aromatic heterocycles. The lowest BCUT2D eigenvalue weighted by molar-refractivity contribution is -0.115. The molecule has 0 atom stereocenters. The largest absolute Gasteiger partial charge is 0.444 e. The number of halogens is 2. The van der Waals surface area contributed by atoms with Crippen molar-refractivity contribution < 1.29 is 14.3 Å². The predicted molar refractivity (Wildman–Crippen MR) is 79.3 cm³/mol. The molecule has 0 aliphatic rings. The van der Waals surface area contributed by atoms with Gasteiger partial charge in [0.15, 0.2) is 0 Å². The summed E-state index contributed by atoms with van der Waals surface area (Å²) in [6, 6.07) is 4.66. The zero-order chi connectivity index (χ0) is 15.3. The van der Waals surface area contributed by atoms with Gasteiger partial charge in [0.2, 0.25) is 5.91 Å². The molecule has 0 bridgehead atoms. The monoisotopic (exact) mass is 318 g/mol. The second-order valence-electron chi connectivity index (χ2n) is 5.06. The predicted octanol–water partition coefficient (Wildman–Crippen LogP) is 3.46. The maximum absolute atomic E-state index is 11.6. The van der Waals surface area contributed by atoms with E-state index in [1.54, 1.807) is 39.0 Å². The van der Waals surface area contributed by atoms with Crippen LogP contribution in [0.4, 0.5) is 10.5 Å². The number of carbonyl (C=O) groups is 2. The Morgan fingerprint density at radius 1 is 1.15 bits per heavy atom. The minimum absolute atomic E-state index is 0.209. The van der Waals surface area contributed by atoms with Crippen LogP contribution in [-0.2, 0) is 9.53 Å². The lowest BCUT2D eigenvalue weighted by Gasteiger charge is -2.19. The third kappa shape index (κ3) is 6.63. The van der Waals surface area contributed by atoms with E-state index in [9.17, 15) is 9.59 Å². The number of hydrogen-bond donors (Lipinski definition) is 2. The van der Waals surface area contributed by atoms with Crippen LogP contribution in [0.5, 0.6) is 0 Å². The molecular formula is C13H16Cl2N2O3. The van der Waals surface area contributed by atoms with Gasteiger partial charge < -0.3 is 15.4 Å². The van der Waals surface area contributed by atoms with Crippen LogP contribution in [0, 0.1) is 0 Å². The number of carbonyl (C=O) groups excluding carboxylic acids is 2. The van der Waals surface area contributed by atoms with E-state index in [0.29, 0.717) is 15.7 Å². The Balaban J connectivity index is 2.46. The van der Waals surface area contributed by atoms with Gasteiger partial charge in [-0.2, -0.15) is 0 Å². The van der Waals surface area contributed by atoms with Crippen molar-refractivity contribution in [3.05, 3.63) is 28.2 Å². The van der Waals surface area contributed by atoms with E-state index >= 15 is 0 Å². The van der Waals surface area contributed by atoms with E-state index in [1.165, 1.54) is 0 Å².